The molecule has 4 rings (SSSR count). The zero-order chi connectivity index (χ0) is 18.6. The minimum Gasteiger partial charge on any atom is -1.00 e. The van der Waals surface area contributed by atoms with E-state index in [9.17, 15) is 4.79 Å². The Bertz CT molecular complexity index is 936. The summed E-state index contributed by atoms with van der Waals surface area (Å²) in [6, 6.07) is 17.8. The topological polar surface area (TPSA) is 44.3 Å². The molecule has 146 valence electrons. The van der Waals surface area contributed by atoms with Crippen molar-refractivity contribution >= 4 is 5.97 Å². The van der Waals surface area contributed by atoms with E-state index >= 15 is 0 Å². The Kier molecular flexibility index (Phi) is 6.52. The average molecular weight is 443 g/mol. The largest absolute Gasteiger partial charge is 1.00 e. The van der Waals surface area contributed by atoms with Crippen molar-refractivity contribution in [1.82, 2.24) is 4.57 Å². The van der Waals surface area contributed by atoms with Crippen molar-refractivity contribution < 1.29 is 35.8 Å². The van der Waals surface area contributed by atoms with E-state index in [0.717, 1.165) is 42.0 Å². The van der Waals surface area contributed by atoms with E-state index in [0.29, 0.717) is 6.61 Å². The summed E-state index contributed by atoms with van der Waals surface area (Å²) in [4.78, 5) is 12.3. The highest BCUT2D eigenvalue weighted by Crippen LogP contribution is 2.26. The van der Waals surface area contributed by atoms with E-state index in [1.54, 1.807) is 7.11 Å². The van der Waals surface area contributed by atoms with Crippen molar-refractivity contribution in [3.05, 3.63) is 72.2 Å². The van der Waals surface area contributed by atoms with Gasteiger partial charge in [-0.2, -0.15) is 0 Å². The fraction of sp³-hybridized carbons (Fsp3) is 0.273. The third kappa shape index (κ3) is 4.28. The minimum atomic E-state index is -0.217. The van der Waals surface area contributed by atoms with Crippen LogP contribution in [0.15, 0.2) is 60.8 Å². The molecule has 1 aromatic heterocycles. The molecule has 2 heterocycles. The van der Waals surface area contributed by atoms with E-state index in [4.69, 9.17) is 9.47 Å². The monoisotopic (exact) mass is 442 g/mol. The summed E-state index contributed by atoms with van der Waals surface area (Å²) in [6.07, 6.45) is 4.13. The molecular formula is C22H23BrN2O3. The standard InChI is InChI=1S/C22H23N2O3.BrH/c1-26-19-11-9-18(10-12-19)20-14-23(21-8-5-13-24(20)21)15-22(25)27-16-17-6-3-2-4-7-17;/h2-4,6-7,9-12,14H,5,8,13,15-16H2,1H3;1H/q+1;/p-1. The number of hydrogen-bond acceptors (Lipinski definition) is 3. The Balaban J connectivity index is 0.00000225. The molecule has 0 N–H and O–H groups in total. The van der Waals surface area contributed by atoms with Gasteiger partial charge in [0.1, 0.15) is 18.6 Å². The molecule has 3 aromatic rings. The molecule has 0 bridgehead atoms. The first-order valence-corrected chi connectivity index (χ1v) is 9.20. The molecule has 0 amide bonds. The zero-order valence-corrected chi connectivity index (χ0v) is 17.4. The smallest absolute Gasteiger partial charge is 0.348 e. The number of fused-ring (bicyclic) bond motifs is 1. The van der Waals surface area contributed by atoms with Crippen LogP contribution in [0.4, 0.5) is 0 Å². The van der Waals surface area contributed by atoms with Gasteiger partial charge < -0.3 is 26.5 Å². The van der Waals surface area contributed by atoms with Crippen LogP contribution in [0.2, 0.25) is 0 Å². The van der Waals surface area contributed by atoms with E-state index in [2.05, 4.69) is 22.9 Å². The van der Waals surface area contributed by atoms with Crippen LogP contribution >= 0.6 is 0 Å². The summed E-state index contributed by atoms with van der Waals surface area (Å²) < 4.78 is 15.0. The van der Waals surface area contributed by atoms with Crippen molar-refractivity contribution in [1.29, 1.82) is 0 Å². The predicted molar refractivity (Wildman–Crippen MR) is 101 cm³/mol. The lowest BCUT2D eigenvalue weighted by Crippen LogP contribution is -3.00. The third-order valence-electron chi connectivity index (χ3n) is 4.92. The molecule has 2 aromatic carbocycles. The minimum absolute atomic E-state index is 0. The Labute approximate surface area is 175 Å². The van der Waals surface area contributed by atoms with Gasteiger partial charge in [0, 0.05) is 5.56 Å². The van der Waals surface area contributed by atoms with Crippen LogP contribution in [0, 0.1) is 0 Å². The van der Waals surface area contributed by atoms with Gasteiger partial charge in [-0.05, 0) is 36.2 Å². The van der Waals surface area contributed by atoms with Crippen molar-refractivity contribution in [2.75, 3.05) is 7.11 Å². The highest BCUT2D eigenvalue weighted by atomic mass is 79.9. The molecule has 0 saturated carbocycles. The van der Waals surface area contributed by atoms with Gasteiger partial charge >= 0.3 is 5.97 Å². The van der Waals surface area contributed by atoms with E-state index in [1.807, 2.05) is 47.0 Å². The quantitative estimate of drug-likeness (QED) is 0.403. The van der Waals surface area contributed by atoms with Crippen molar-refractivity contribution in [2.24, 2.45) is 0 Å². The van der Waals surface area contributed by atoms with Gasteiger partial charge in [-0.15, -0.1) is 0 Å². The Hall–Kier alpha value is -2.60. The number of carbonyl (C=O) groups excluding carboxylic acids is 1. The normalized spacial score (nSPS) is 12.2. The van der Waals surface area contributed by atoms with Gasteiger partial charge in [-0.1, -0.05) is 30.3 Å². The summed E-state index contributed by atoms with van der Waals surface area (Å²) in [5, 5.41) is 0. The molecule has 0 saturated heterocycles. The van der Waals surface area contributed by atoms with Crippen molar-refractivity contribution in [3.8, 4) is 17.0 Å². The molecule has 6 heteroatoms. The predicted octanol–water partition coefficient (Wildman–Crippen LogP) is 0.145. The number of benzene rings is 2. The Morgan fingerprint density at radius 3 is 2.57 bits per heavy atom. The number of rotatable bonds is 6. The average Bonchev–Trinajstić information content (AvgIpc) is 3.31. The van der Waals surface area contributed by atoms with Gasteiger partial charge in [0.2, 0.25) is 0 Å². The third-order valence-corrected chi connectivity index (χ3v) is 4.92. The molecule has 0 atom stereocenters. The Morgan fingerprint density at radius 1 is 1.11 bits per heavy atom. The molecule has 0 spiro atoms. The van der Waals surface area contributed by atoms with E-state index in [1.165, 1.54) is 5.82 Å². The van der Waals surface area contributed by atoms with Gasteiger partial charge in [0.15, 0.2) is 12.2 Å². The summed E-state index contributed by atoms with van der Waals surface area (Å²) in [7, 11) is 1.67. The zero-order valence-electron chi connectivity index (χ0n) is 15.8. The van der Waals surface area contributed by atoms with Gasteiger partial charge in [-0.3, -0.25) is 0 Å². The number of nitrogens with zero attached hydrogens (tertiary/aromatic N) is 2. The highest BCUT2D eigenvalue weighted by Gasteiger charge is 2.29. The lowest BCUT2D eigenvalue weighted by molar-refractivity contribution is -0.692. The molecule has 5 nitrogen and oxygen atoms in total. The second-order valence-corrected chi connectivity index (χ2v) is 6.69. The van der Waals surface area contributed by atoms with Crippen LogP contribution in [0.3, 0.4) is 0 Å². The van der Waals surface area contributed by atoms with Crippen molar-refractivity contribution in [3.63, 3.8) is 0 Å². The van der Waals surface area contributed by atoms with Gasteiger partial charge in [0.05, 0.1) is 20.1 Å². The van der Waals surface area contributed by atoms with Gasteiger partial charge in [-0.25, -0.2) is 13.9 Å². The van der Waals surface area contributed by atoms with E-state index < -0.39 is 0 Å². The lowest BCUT2D eigenvalue weighted by Gasteiger charge is -2.04. The molecular weight excluding hydrogens is 420 g/mol. The number of hydrogen-bond donors (Lipinski definition) is 0. The molecule has 0 fully saturated rings. The van der Waals surface area contributed by atoms with Crippen LogP contribution in [-0.4, -0.2) is 17.6 Å². The van der Waals surface area contributed by atoms with Crippen LogP contribution in [-0.2, 0) is 35.6 Å². The van der Waals surface area contributed by atoms with Crippen LogP contribution in [0.1, 0.15) is 17.8 Å². The second kappa shape index (κ2) is 9.06. The summed E-state index contributed by atoms with van der Waals surface area (Å²) in [5.41, 5.74) is 3.24. The van der Waals surface area contributed by atoms with Crippen LogP contribution < -0.4 is 26.3 Å². The first kappa shape index (κ1) is 20.1. The molecule has 1 aliphatic rings. The number of carbonyl (C=O) groups is 1. The molecule has 0 radical (unpaired) electrons. The van der Waals surface area contributed by atoms with Crippen LogP contribution in [0.25, 0.3) is 11.3 Å². The molecule has 0 unspecified atom stereocenters. The number of methoxy groups -OCH3 is 1. The van der Waals surface area contributed by atoms with Crippen molar-refractivity contribution in [2.45, 2.75) is 32.5 Å². The van der Waals surface area contributed by atoms with Gasteiger partial charge in [0.25, 0.3) is 5.82 Å². The lowest BCUT2D eigenvalue weighted by atomic mass is 10.1. The number of ether oxygens (including phenoxy) is 2. The summed E-state index contributed by atoms with van der Waals surface area (Å²) in [6.45, 7) is 1.52. The number of halogens is 1. The molecule has 28 heavy (non-hydrogen) atoms. The molecule has 0 aliphatic carbocycles. The highest BCUT2D eigenvalue weighted by molar-refractivity contribution is 5.68. The summed E-state index contributed by atoms with van der Waals surface area (Å²) in [5.74, 6) is 1.80. The maximum Gasteiger partial charge on any atom is 0.348 e. The number of esters is 1. The fourth-order valence-electron chi connectivity index (χ4n) is 3.56. The number of imidazole rings is 1. The first-order chi connectivity index (χ1) is 13.2. The SMILES string of the molecule is COc1ccc(-c2c[n+](CC(=O)OCc3ccccc3)c3n2CCC3)cc1.[Br-]. The first-order valence-electron chi connectivity index (χ1n) is 9.20. The number of aromatic nitrogens is 2. The molecule has 1 aliphatic heterocycles. The fourth-order valence-corrected chi connectivity index (χ4v) is 3.56. The maximum atomic E-state index is 12.3. The second-order valence-electron chi connectivity index (χ2n) is 6.69. The maximum absolute atomic E-state index is 12.3. The van der Waals surface area contributed by atoms with E-state index in [-0.39, 0.29) is 29.5 Å². The van der Waals surface area contributed by atoms with Crippen LogP contribution in [0.5, 0.6) is 5.75 Å². The summed E-state index contributed by atoms with van der Waals surface area (Å²) >= 11 is 0. The Morgan fingerprint density at radius 2 is 1.86 bits per heavy atom.